The van der Waals surface area contributed by atoms with Crippen molar-refractivity contribution in [2.24, 2.45) is 0 Å². The van der Waals surface area contributed by atoms with E-state index in [4.69, 9.17) is 0 Å². The Morgan fingerprint density at radius 2 is 1.85 bits per heavy atom. The van der Waals surface area contributed by atoms with Crippen LogP contribution >= 0.6 is 27.3 Å². The van der Waals surface area contributed by atoms with Crippen molar-refractivity contribution in [3.63, 3.8) is 0 Å². The van der Waals surface area contributed by atoms with Crippen molar-refractivity contribution in [2.45, 2.75) is 18.9 Å². The maximum atomic E-state index is 12.3. The van der Waals surface area contributed by atoms with Crippen molar-refractivity contribution in [3.8, 4) is 0 Å². The summed E-state index contributed by atoms with van der Waals surface area (Å²) >= 11 is 4.98. The fraction of sp³-hybridized carbons (Fsp3) is 0.263. The van der Waals surface area contributed by atoms with Gasteiger partial charge in [-0.2, -0.15) is 0 Å². The Kier molecular flexibility index (Phi) is 6.46. The van der Waals surface area contributed by atoms with Gasteiger partial charge in [0.25, 0.3) is 0 Å². The predicted octanol–water partition coefficient (Wildman–Crippen LogP) is 4.34. The average molecular weight is 434 g/mol. The molecule has 1 aromatic carbocycles. The van der Waals surface area contributed by atoms with Gasteiger partial charge in [-0.3, -0.25) is 4.79 Å². The number of thiophene rings is 1. The Balaban J connectivity index is 1.42. The molecule has 136 valence electrons. The molecular formula is C19H20BrN3O2S. The number of nitrogens with one attached hydrogen (secondary N) is 2. The number of hydrogen-bond donors (Lipinski definition) is 2. The first-order chi connectivity index (χ1) is 12.6. The summed E-state index contributed by atoms with van der Waals surface area (Å²) in [5.41, 5.74) is 0.790. The summed E-state index contributed by atoms with van der Waals surface area (Å²) < 4.78 is 1.04. The number of urea groups is 1. The van der Waals surface area contributed by atoms with E-state index >= 15 is 0 Å². The fourth-order valence-corrected chi connectivity index (χ4v) is 4.10. The van der Waals surface area contributed by atoms with E-state index in [0.29, 0.717) is 13.1 Å². The van der Waals surface area contributed by atoms with E-state index in [9.17, 15) is 9.59 Å². The lowest BCUT2D eigenvalue weighted by molar-refractivity contribution is -0.117. The molecule has 1 fully saturated rings. The zero-order valence-electron chi connectivity index (χ0n) is 14.2. The van der Waals surface area contributed by atoms with E-state index in [1.54, 1.807) is 22.3 Å². The van der Waals surface area contributed by atoms with Gasteiger partial charge in [0.05, 0.1) is 3.79 Å². The van der Waals surface area contributed by atoms with Crippen LogP contribution in [-0.4, -0.2) is 36.0 Å². The van der Waals surface area contributed by atoms with Crippen LogP contribution in [0.2, 0.25) is 0 Å². The number of carbonyl (C=O) groups excluding carboxylic acids is 2. The van der Waals surface area contributed by atoms with Crippen molar-refractivity contribution < 1.29 is 9.59 Å². The zero-order valence-corrected chi connectivity index (χ0v) is 16.6. The van der Waals surface area contributed by atoms with E-state index in [2.05, 4.69) is 26.6 Å². The van der Waals surface area contributed by atoms with Crippen LogP contribution in [-0.2, 0) is 4.79 Å². The van der Waals surface area contributed by atoms with Gasteiger partial charge < -0.3 is 15.5 Å². The first-order valence-electron chi connectivity index (χ1n) is 8.45. The topological polar surface area (TPSA) is 61.4 Å². The van der Waals surface area contributed by atoms with Crippen molar-refractivity contribution >= 4 is 51.0 Å². The molecule has 1 saturated heterocycles. The van der Waals surface area contributed by atoms with Gasteiger partial charge in [0.15, 0.2) is 0 Å². The number of rotatable bonds is 4. The molecule has 3 rings (SSSR count). The molecule has 2 heterocycles. The largest absolute Gasteiger partial charge is 0.350 e. The summed E-state index contributed by atoms with van der Waals surface area (Å²) in [6, 6.07) is 13.3. The molecule has 0 radical (unpaired) electrons. The van der Waals surface area contributed by atoms with Crippen LogP contribution in [0, 0.1) is 0 Å². The second-order valence-electron chi connectivity index (χ2n) is 6.04. The summed E-state index contributed by atoms with van der Waals surface area (Å²) in [4.78, 5) is 27.1. The van der Waals surface area contributed by atoms with Crippen molar-refractivity contribution in [3.05, 3.63) is 57.2 Å². The maximum Gasteiger partial charge on any atom is 0.321 e. The first-order valence-corrected chi connectivity index (χ1v) is 10.1. The summed E-state index contributed by atoms with van der Waals surface area (Å²) in [6.45, 7) is 1.26. The SMILES string of the molecule is O=C(/C=C/c1ccc(Br)s1)NC1CCN(C(=O)Nc2ccccc2)CC1. The monoisotopic (exact) mass is 433 g/mol. The standard InChI is InChI=1S/C19H20BrN3O2S/c20-17-8-6-16(26-17)7-9-18(24)21-15-10-12-23(13-11-15)19(25)22-14-4-2-1-3-5-14/h1-9,15H,10-13H2,(H,21,24)(H,22,25)/b9-7+. The second-order valence-corrected chi connectivity index (χ2v) is 8.54. The third-order valence-electron chi connectivity index (χ3n) is 4.15. The van der Waals surface area contributed by atoms with E-state index in [0.717, 1.165) is 27.2 Å². The molecule has 5 nitrogen and oxygen atoms in total. The highest BCUT2D eigenvalue weighted by molar-refractivity contribution is 9.11. The molecule has 0 atom stereocenters. The predicted molar refractivity (Wildman–Crippen MR) is 109 cm³/mol. The molecule has 7 heteroatoms. The summed E-state index contributed by atoms with van der Waals surface area (Å²) in [7, 11) is 0. The van der Waals surface area contributed by atoms with Crippen LogP contribution in [0.15, 0.2) is 52.3 Å². The van der Waals surface area contributed by atoms with Crippen LogP contribution in [0.5, 0.6) is 0 Å². The van der Waals surface area contributed by atoms with Gasteiger partial charge in [0, 0.05) is 35.8 Å². The number of piperidine rings is 1. The lowest BCUT2D eigenvalue weighted by Gasteiger charge is -2.32. The molecule has 0 unspecified atom stereocenters. The van der Waals surface area contributed by atoms with Crippen molar-refractivity contribution in [1.82, 2.24) is 10.2 Å². The highest BCUT2D eigenvalue weighted by atomic mass is 79.9. The summed E-state index contributed by atoms with van der Waals surface area (Å²) in [6.07, 6.45) is 4.89. The molecule has 2 N–H and O–H groups in total. The Morgan fingerprint density at radius 1 is 1.12 bits per heavy atom. The van der Waals surface area contributed by atoms with E-state index in [-0.39, 0.29) is 18.0 Å². The van der Waals surface area contributed by atoms with Gasteiger partial charge in [0.2, 0.25) is 5.91 Å². The van der Waals surface area contributed by atoms with Gasteiger partial charge in [0.1, 0.15) is 0 Å². The van der Waals surface area contributed by atoms with Crippen molar-refractivity contribution in [1.29, 1.82) is 0 Å². The number of para-hydroxylation sites is 1. The van der Waals surface area contributed by atoms with Crippen LogP contribution in [0.1, 0.15) is 17.7 Å². The van der Waals surface area contributed by atoms with E-state index in [1.165, 1.54) is 0 Å². The Bertz CT molecular complexity index is 783. The highest BCUT2D eigenvalue weighted by Crippen LogP contribution is 2.23. The number of anilines is 1. The van der Waals surface area contributed by atoms with Gasteiger partial charge in [-0.05, 0) is 59.1 Å². The molecular weight excluding hydrogens is 414 g/mol. The molecule has 26 heavy (non-hydrogen) atoms. The first kappa shape index (κ1) is 18.7. The Hall–Kier alpha value is -2.12. The maximum absolute atomic E-state index is 12.3. The number of benzene rings is 1. The van der Waals surface area contributed by atoms with Gasteiger partial charge in [-0.25, -0.2) is 4.79 Å². The molecule has 2 aromatic rings. The molecule has 0 spiro atoms. The van der Waals surface area contributed by atoms with Crippen LogP contribution < -0.4 is 10.6 Å². The lowest BCUT2D eigenvalue weighted by Crippen LogP contribution is -2.47. The van der Waals surface area contributed by atoms with Crippen LogP contribution in [0.4, 0.5) is 10.5 Å². The fourth-order valence-electron chi connectivity index (χ4n) is 2.78. The zero-order chi connectivity index (χ0) is 18.4. The van der Waals surface area contributed by atoms with E-state index in [1.807, 2.05) is 48.5 Å². The average Bonchev–Trinajstić information content (AvgIpc) is 3.07. The lowest BCUT2D eigenvalue weighted by atomic mass is 10.1. The minimum Gasteiger partial charge on any atom is -0.350 e. The molecule has 3 amide bonds. The quantitative estimate of drug-likeness (QED) is 0.704. The Labute approximate surface area is 165 Å². The minimum atomic E-state index is -0.0956. The number of nitrogens with zero attached hydrogens (tertiary/aromatic N) is 1. The van der Waals surface area contributed by atoms with Gasteiger partial charge >= 0.3 is 6.03 Å². The third kappa shape index (κ3) is 5.44. The third-order valence-corrected chi connectivity index (χ3v) is 5.74. The summed E-state index contributed by atoms with van der Waals surface area (Å²) in [5, 5.41) is 5.91. The number of halogens is 1. The van der Waals surface area contributed by atoms with Crippen LogP contribution in [0.3, 0.4) is 0 Å². The highest BCUT2D eigenvalue weighted by Gasteiger charge is 2.23. The smallest absolute Gasteiger partial charge is 0.321 e. The number of hydrogen-bond acceptors (Lipinski definition) is 3. The molecule has 1 aliphatic rings. The Morgan fingerprint density at radius 3 is 2.50 bits per heavy atom. The number of carbonyl (C=O) groups is 2. The molecule has 0 aliphatic carbocycles. The van der Waals surface area contributed by atoms with Crippen molar-refractivity contribution in [2.75, 3.05) is 18.4 Å². The molecule has 0 saturated carbocycles. The van der Waals surface area contributed by atoms with Gasteiger partial charge in [-0.15, -0.1) is 11.3 Å². The van der Waals surface area contributed by atoms with Gasteiger partial charge in [-0.1, -0.05) is 18.2 Å². The second kappa shape index (κ2) is 9.00. The summed E-state index contributed by atoms with van der Waals surface area (Å²) in [5.74, 6) is -0.0956. The number of likely N-dealkylation sites (tertiary alicyclic amines) is 1. The molecule has 0 bridgehead atoms. The molecule has 1 aliphatic heterocycles. The van der Waals surface area contributed by atoms with Crippen LogP contribution in [0.25, 0.3) is 6.08 Å². The number of amides is 3. The molecule has 1 aromatic heterocycles. The van der Waals surface area contributed by atoms with E-state index < -0.39 is 0 Å². The minimum absolute atomic E-state index is 0.0934. The normalized spacial score (nSPS) is 15.2.